The van der Waals surface area contributed by atoms with Crippen LogP contribution in [-0.4, -0.2) is 17.7 Å². The van der Waals surface area contributed by atoms with E-state index < -0.39 is 17.7 Å². The molecule has 0 unspecified atom stereocenters. The number of rotatable bonds is 3. The molecule has 1 saturated heterocycles. The summed E-state index contributed by atoms with van der Waals surface area (Å²) < 4.78 is 23.2. The zero-order valence-corrected chi connectivity index (χ0v) is 13.7. The van der Waals surface area contributed by atoms with Crippen LogP contribution in [0.15, 0.2) is 60.3 Å². The molecular formula is C19H16FNO4. The maximum atomic E-state index is 13.1. The lowest BCUT2D eigenvalue weighted by Gasteiger charge is -2.29. The van der Waals surface area contributed by atoms with Crippen molar-refractivity contribution >= 4 is 17.6 Å². The van der Waals surface area contributed by atoms with Crippen molar-refractivity contribution in [3.8, 4) is 11.1 Å². The number of ether oxygens (including phenoxy) is 2. The molecule has 0 saturated carbocycles. The molecule has 128 valence electrons. The number of carbonyl (C=O) groups excluding carboxylic acids is 2. The van der Waals surface area contributed by atoms with Gasteiger partial charge in [-0.3, -0.25) is 0 Å². The normalized spacial score (nSPS) is 16.0. The van der Waals surface area contributed by atoms with Crippen LogP contribution in [0, 0.1) is 5.82 Å². The second-order valence-corrected chi connectivity index (χ2v) is 5.93. The maximum absolute atomic E-state index is 13.1. The van der Waals surface area contributed by atoms with E-state index in [1.54, 1.807) is 24.3 Å². The van der Waals surface area contributed by atoms with Gasteiger partial charge in [0.25, 0.3) is 5.79 Å². The van der Waals surface area contributed by atoms with Crippen LogP contribution in [0.1, 0.15) is 13.8 Å². The number of anilines is 1. The molecule has 6 heteroatoms. The molecule has 2 aromatic rings. The molecule has 0 spiro atoms. The van der Waals surface area contributed by atoms with Crippen LogP contribution < -0.4 is 5.32 Å². The van der Waals surface area contributed by atoms with Gasteiger partial charge < -0.3 is 14.8 Å². The molecule has 0 aliphatic carbocycles. The smallest absolute Gasteiger partial charge is 0.350 e. The summed E-state index contributed by atoms with van der Waals surface area (Å²) in [4.78, 5) is 23.9. The molecule has 0 radical (unpaired) electrons. The fourth-order valence-electron chi connectivity index (χ4n) is 2.42. The fourth-order valence-corrected chi connectivity index (χ4v) is 2.42. The van der Waals surface area contributed by atoms with E-state index in [1.807, 2.05) is 12.1 Å². The van der Waals surface area contributed by atoms with Crippen LogP contribution in [-0.2, 0) is 19.1 Å². The number of halogens is 1. The molecule has 0 aromatic heterocycles. The van der Waals surface area contributed by atoms with Gasteiger partial charge in [0.15, 0.2) is 5.57 Å². The Morgan fingerprint density at radius 2 is 1.56 bits per heavy atom. The van der Waals surface area contributed by atoms with Crippen LogP contribution in [0.2, 0.25) is 0 Å². The van der Waals surface area contributed by atoms with Crippen molar-refractivity contribution in [1.29, 1.82) is 0 Å². The summed E-state index contributed by atoms with van der Waals surface area (Å²) in [5.74, 6) is -3.12. The molecule has 1 heterocycles. The summed E-state index contributed by atoms with van der Waals surface area (Å²) in [6, 6.07) is 13.3. The summed E-state index contributed by atoms with van der Waals surface area (Å²) in [6.07, 6.45) is 1.25. The molecular weight excluding hydrogens is 325 g/mol. The minimum atomic E-state index is -1.28. The molecule has 1 fully saturated rings. The minimum Gasteiger partial charge on any atom is -0.419 e. The second-order valence-electron chi connectivity index (χ2n) is 5.93. The predicted molar refractivity (Wildman–Crippen MR) is 89.8 cm³/mol. The van der Waals surface area contributed by atoms with Crippen molar-refractivity contribution in [3.05, 3.63) is 66.1 Å². The molecule has 1 aliphatic rings. The molecule has 0 amide bonds. The number of hydrogen-bond acceptors (Lipinski definition) is 5. The zero-order valence-electron chi connectivity index (χ0n) is 13.7. The Kier molecular flexibility index (Phi) is 4.27. The van der Waals surface area contributed by atoms with Crippen LogP contribution in [0.25, 0.3) is 11.1 Å². The Labute approximate surface area is 144 Å². The van der Waals surface area contributed by atoms with Gasteiger partial charge in [0.2, 0.25) is 0 Å². The van der Waals surface area contributed by atoms with E-state index in [9.17, 15) is 14.0 Å². The van der Waals surface area contributed by atoms with Crippen molar-refractivity contribution < 1.29 is 23.5 Å². The summed E-state index contributed by atoms with van der Waals surface area (Å²) in [6.45, 7) is 2.97. The van der Waals surface area contributed by atoms with Crippen molar-refractivity contribution in [2.24, 2.45) is 0 Å². The zero-order chi connectivity index (χ0) is 18.0. The summed E-state index contributed by atoms with van der Waals surface area (Å²) in [7, 11) is 0. The molecule has 1 N–H and O–H groups in total. The topological polar surface area (TPSA) is 64.6 Å². The maximum Gasteiger partial charge on any atom is 0.350 e. The average molecular weight is 341 g/mol. The Bertz CT molecular complexity index is 834. The van der Waals surface area contributed by atoms with Gasteiger partial charge in [-0.25, -0.2) is 14.0 Å². The highest BCUT2D eigenvalue weighted by Crippen LogP contribution is 2.29. The lowest BCUT2D eigenvalue weighted by atomic mass is 10.0. The van der Waals surface area contributed by atoms with E-state index in [1.165, 1.54) is 32.2 Å². The van der Waals surface area contributed by atoms with Gasteiger partial charge in [0.1, 0.15) is 5.82 Å². The van der Waals surface area contributed by atoms with Gasteiger partial charge in [-0.15, -0.1) is 0 Å². The van der Waals surface area contributed by atoms with E-state index in [0.717, 1.165) is 11.1 Å². The third kappa shape index (κ3) is 3.68. The van der Waals surface area contributed by atoms with Crippen LogP contribution >= 0.6 is 0 Å². The standard InChI is InChI=1S/C19H16FNO4/c1-19(2)24-17(22)15(18(23)25-19)11-21-16-6-4-3-5-14(16)12-7-9-13(20)10-8-12/h3-11,21H,1-2H3. The number of para-hydroxylation sites is 1. The summed E-state index contributed by atoms with van der Waals surface area (Å²) in [5.41, 5.74) is 2.00. The Balaban J connectivity index is 1.88. The number of benzene rings is 2. The monoisotopic (exact) mass is 341 g/mol. The molecule has 0 bridgehead atoms. The first kappa shape index (κ1) is 16.7. The van der Waals surface area contributed by atoms with Gasteiger partial charge in [-0.1, -0.05) is 30.3 Å². The van der Waals surface area contributed by atoms with Gasteiger partial charge in [-0.2, -0.15) is 0 Å². The number of esters is 2. The predicted octanol–water partition coefficient (Wildman–Crippen LogP) is 3.62. The Morgan fingerprint density at radius 3 is 2.20 bits per heavy atom. The number of nitrogens with one attached hydrogen (secondary N) is 1. The minimum absolute atomic E-state index is 0.228. The van der Waals surface area contributed by atoms with E-state index in [4.69, 9.17) is 9.47 Å². The summed E-state index contributed by atoms with van der Waals surface area (Å²) >= 11 is 0. The third-order valence-corrected chi connectivity index (χ3v) is 3.57. The SMILES string of the molecule is CC1(C)OC(=O)C(=CNc2ccccc2-c2ccc(F)cc2)C(=O)O1. The van der Waals surface area contributed by atoms with E-state index >= 15 is 0 Å². The Hall–Kier alpha value is -3.15. The highest BCUT2D eigenvalue weighted by Gasteiger charge is 2.38. The number of carbonyl (C=O) groups is 2. The van der Waals surface area contributed by atoms with Crippen LogP contribution in [0.5, 0.6) is 0 Å². The second kappa shape index (κ2) is 6.39. The van der Waals surface area contributed by atoms with Gasteiger partial charge in [0, 0.05) is 31.3 Å². The average Bonchev–Trinajstić information content (AvgIpc) is 2.54. The quantitative estimate of drug-likeness (QED) is 0.525. The van der Waals surface area contributed by atoms with E-state index in [2.05, 4.69) is 5.32 Å². The van der Waals surface area contributed by atoms with Crippen molar-refractivity contribution in [2.75, 3.05) is 5.32 Å². The first-order valence-electron chi connectivity index (χ1n) is 7.64. The molecule has 5 nitrogen and oxygen atoms in total. The molecule has 2 aromatic carbocycles. The van der Waals surface area contributed by atoms with Gasteiger partial charge >= 0.3 is 11.9 Å². The van der Waals surface area contributed by atoms with Crippen molar-refractivity contribution in [3.63, 3.8) is 0 Å². The molecule has 0 atom stereocenters. The third-order valence-electron chi connectivity index (χ3n) is 3.57. The fraction of sp³-hybridized carbons (Fsp3) is 0.158. The highest BCUT2D eigenvalue weighted by molar-refractivity contribution is 6.15. The van der Waals surface area contributed by atoms with Crippen molar-refractivity contribution in [1.82, 2.24) is 0 Å². The van der Waals surface area contributed by atoms with E-state index in [0.29, 0.717) is 5.69 Å². The van der Waals surface area contributed by atoms with Crippen LogP contribution in [0.3, 0.4) is 0 Å². The lowest BCUT2D eigenvalue weighted by Crippen LogP contribution is -2.42. The highest BCUT2D eigenvalue weighted by atomic mass is 19.1. The van der Waals surface area contributed by atoms with Gasteiger partial charge in [-0.05, 0) is 23.8 Å². The Morgan fingerprint density at radius 1 is 0.960 bits per heavy atom. The molecule has 25 heavy (non-hydrogen) atoms. The lowest BCUT2D eigenvalue weighted by molar-refractivity contribution is -0.222. The first-order valence-corrected chi connectivity index (χ1v) is 7.64. The summed E-state index contributed by atoms with van der Waals surface area (Å²) in [5, 5.41) is 2.93. The molecule has 3 rings (SSSR count). The van der Waals surface area contributed by atoms with E-state index in [-0.39, 0.29) is 11.4 Å². The van der Waals surface area contributed by atoms with Gasteiger partial charge in [0.05, 0.1) is 0 Å². The number of cyclic esters (lactones) is 2. The number of hydrogen-bond donors (Lipinski definition) is 1. The largest absolute Gasteiger partial charge is 0.419 e. The van der Waals surface area contributed by atoms with Crippen molar-refractivity contribution in [2.45, 2.75) is 19.6 Å². The first-order chi connectivity index (χ1) is 11.9. The van der Waals surface area contributed by atoms with Crippen LogP contribution in [0.4, 0.5) is 10.1 Å². The molecule has 1 aliphatic heterocycles.